The Morgan fingerprint density at radius 1 is 1.12 bits per heavy atom. The van der Waals surface area contributed by atoms with Gasteiger partial charge in [-0.05, 0) is 25.2 Å². The molecule has 16 heavy (non-hydrogen) atoms. The number of carbonyl (C=O) groups is 2. The fourth-order valence-electron chi connectivity index (χ4n) is 2.32. The third-order valence-corrected chi connectivity index (χ3v) is 4.00. The molecule has 2 atom stereocenters. The van der Waals surface area contributed by atoms with E-state index in [2.05, 4.69) is 0 Å². The van der Waals surface area contributed by atoms with Crippen molar-refractivity contribution in [3.05, 3.63) is 0 Å². The van der Waals surface area contributed by atoms with E-state index in [1.165, 1.54) is 0 Å². The summed E-state index contributed by atoms with van der Waals surface area (Å²) < 4.78 is 0. The highest BCUT2D eigenvalue weighted by molar-refractivity contribution is 5.80. The summed E-state index contributed by atoms with van der Waals surface area (Å²) in [4.78, 5) is 22.0. The van der Waals surface area contributed by atoms with Gasteiger partial charge in [0.15, 0.2) is 0 Å². The summed E-state index contributed by atoms with van der Waals surface area (Å²) in [6.07, 6.45) is 0.886. The van der Waals surface area contributed by atoms with Crippen LogP contribution in [-0.4, -0.2) is 34.4 Å². The molecule has 1 saturated carbocycles. The second-order valence-electron chi connectivity index (χ2n) is 4.79. The topological polar surface area (TPSA) is 94.8 Å². The van der Waals surface area contributed by atoms with Crippen LogP contribution in [0.25, 0.3) is 0 Å². The monoisotopic (exact) mass is 232 g/mol. The predicted octanol–water partition coefficient (Wildman–Crippen LogP) is 1.21. The first kappa shape index (κ1) is 14.9. The Labute approximate surface area is 95.1 Å². The number of aliphatic hydroxyl groups is 1. The summed E-state index contributed by atoms with van der Waals surface area (Å²) in [5.41, 5.74) is -1.61. The molecule has 0 aromatic carbocycles. The van der Waals surface area contributed by atoms with E-state index in [4.69, 9.17) is 15.3 Å². The van der Waals surface area contributed by atoms with Crippen LogP contribution in [-0.2, 0) is 9.59 Å². The lowest BCUT2D eigenvalue weighted by Gasteiger charge is -2.36. The van der Waals surface area contributed by atoms with Gasteiger partial charge in [0.05, 0.1) is 11.3 Å². The molecule has 0 spiro atoms. The van der Waals surface area contributed by atoms with Crippen LogP contribution >= 0.6 is 0 Å². The maximum Gasteiger partial charge on any atom is 0.309 e. The highest BCUT2D eigenvalue weighted by atomic mass is 16.4. The number of hydrogen-bond acceptors (Lipinski definition) is 3. The normalized spacial score (nSPS) is 31.4. The number of carboxylic acids is 2. The molecule has 0 aromatic heterocycles. The maximum atomic E-state index is 11.1. The van der Waals surface area contributed by atoms with Crippen molar-refractivity contribution < 1.29 is 24.9 Å². The van der Waals surface area contributed by atoms with Gasteiger partial charge < -0.3 is 15.3 Å². The molecule has 3 N–H and O–H groups in total. The average molecular weight is 232 g/mol. The summed E-state index contributed by atoms with van der Waals surface area (Å²) in [6.45, 7) is 5.10. The van der Waals surface area contributed by atoms with Crippen LogP contribution in [0.4, 0.5) is 0 Å². The van der Waals surface area contributed by atoms with E-state index in [1.807, 2.05) is 0 Å². The summed E-state index contributed by atoms with van der Waals surface area (Å²) in [7, 11) is 1.00. The fourth-order valence-corrected chi connectivity index (χ4v) is 2.32. The molecule has 0 amide bonds. The number of carboxylic acid groups (broad SMARTS) is 2. The molecule has 1 aliphatic rings. The van der Waals surface area contributed by atoms with Crippen molar-refractivity contribution >= 4 is 11.9 Å². The van der Waals surface area contributed by atoms with E-state index in [-0.39, 0.29) is 0 Å². The molecule has 1 rings (SSSR count). The smallest absolute Gasteiger partial charge is 0.309 e. The van der Waals surface area contributed by atoms with Gasteiger partial charge in [-0.2, -0.15) is 0 Å². The third kappa shape index (κ3) is 2.04. The molecule has 0 heterocycles. The Hall–Kier alpha value is -1.10. The first-order valence-corrected chi connectivity index (χ1v) is 5.14. The molecular formula is C11H20O5. The number of hydrogen-bond donors (Lipinski definition) is 3. The van der Waals surface area contributed by atoms with Gasteiger partial charge in [0.25, 0.3) is 0 Å². The van der Waals surface area contributed by atoms with Crippen LogP contribution in [0.5, 0.6) is 0 Å². The SMILES string of the molecule is CC1(C(=O)O)CCC(C(=O)O)C1(C)C.CO. The van der Waals surface area contributed by atoms with Crippen molar-refractivity contribution in [1.82, 2.24) is 0 Å². The summed E-state index contributed by atoms with van der Waals surface area (Å²) >= 11 is 0. The lowest BCUT2D eigenvalue weighted by atomic mass is 9.66. The minimum absolute atomic E-state index is 0.437. The Balaban J connectivity index is 0.00000106. The van der Waals surface area contributed by atoms with E-state index in [1.54, 1.807) is 20.8 Å². The van der Waals surface area contributed by atoms with Crippen LogP contribution in [0.1, 0.15) is 33.6 Å². The molecular weight excluding hydrogens is 212 g/mol. The fraction of sp³-hybridized carbons (Fsp3) is 0.818. The van der Waals surface area contributed by atoms with E-state index < -0.39 is 28.7 Å². The highest BCUT2D eigenvalue weighted by Crippen LogP contribution is 2.56. The molecule has 1 aliphatic carbocycles. The van der Waals surface area contributed by atoms with Crippen molar-refractivity contribution in [2.45, 2.75) is 33.6 Å². The zero-order chi connectivity index (χ0) is 13.1. The van der Waals surface area contributed by atoms with Crippen LogP contribution < -0.4 is 0 Å². The standard InChI is InChI=1S/C10H16O4.CH4O/c1-9(2)6(7(11)12)4-5-10(9,3)8(13)14;1-2/h6H,4-5H2,1-3H3,(H,11,12)(H,13,14);2H,1H3. The Morgan fingerprint density at radius 2 is 1.56 bits per heavy atom. The lowest BCUT2D eigenvalue weighted by Crippen LogP contribution is -2.42. The largest absolute Gasteiger partial charge is 0.481 e. The van der Waals surface area contributed by atoms with Crippen LogP contribution in [0, 0.1) is 16.7 Å². The molecule has 0 aliphatic heterocycles. The molecule has 1 fully saturated rings. The van der Waals surface area contributed by atoms with Gasteiger partial charge in [0, 0.05) is 7.11 Å². The van der Waals surface area contributed by atoms with Gasteiger partial charge >= 0.3 is 11.9 Å². The molecule has 5 heteroatoms. The van der Waals surface area contributed by atoms with Crippen molar-refractivity contribution in [2.75, 3.05) is 7.11 Å². The first-order chi connectivity index (χ1) is 7.23. The summed E-state index contributed by atoms with van der Waals surface area (Å²) in [6, 6.07) is 0. The second-order valence-corrected chi connectivity index (χ2v) is 4.79. The summed E-state index contributed by atoms with van der Waals surface area (Å²) in [5.74, 6) is -2.34. The molecule has 5 nitrogen and oxygen atoms in total. The Kier molecular flexibility index (Phi) is 4.49. The molecule has 0 radical (unpaired) electrons. The van der Waals surface area contributed by atoms with E-state index >= 15 is 0 Å². The average Bonchev–Trinajstić information content (AvgIpc) is 2.42. The van der Waals surface area contributed by atoms with Gasteiger partial charge in [-0.3, -0.25) is 9.59 Å². The van der Waals surface area contributed by atoms with Gasteiger partial charge in [0.1, 0.15) is 0 Å². The van der Waals surface area contributed by atoms with Gasteiger partial charge in [-0.1, -0.05) is 13.8 Å². The lowest BCUT2D eigenvalue weighted by molar-refractivity contribution is -0.157. The van der Waals surface area contributed by atoms with Crippen LogP contribution in [0.2, 0.25) is 0 Å². The highest BCUT2D eigenvalue weighted by Gasteiger charge is 2.58. The zero-order valence-electron chi connectivity index (χ0n) is 10.1. The maximum absolute atomic E-state index is 11.1. The summed E-state index contributed by atoms with van der Waals surface area (Å²) in [5, 5.41) is 25.1. The zero-order valence-corrected chi connectivity index (χ0v) is 10.1. The molecule has 0 aromatic rings. The first-order valence-electron chi connectivity index (χ1n) is 5.14. The van der Waals surface area contributed by atoms with E-state index in [0.717, 1.165) is 7.11 Å². The number of aliphatic hydroxyl groups excluding tert-OH is 1. The van der Waals surface area contributed by atoms with Crippen molar-refractivity contribution in [3.8, 4) is 0 Å². The molecule has 0 saturated heterocycles. The van der Waals surface area contributed by atoms with Crippen LogP contribution in [0.15, 0.2) is 0 Å². The van der Waals surface area contributed by atoms with Gasteiger partial charge in [-0.15, -0.1) is 0 Å². The van der Waals surface area contributed by atoms with Crippen molar-refractivity contribution in [3.63, 3.8) is 0 Å². The van der Waals surface area contributed by atoms with E-state index in [0.29, 0.717) is 12.8 Å². The number of aliphatic carboxylic acids is 2. The van der Waals surface area contributed by atoms with Gasteiger partial charge in [-0.25, -0.2) is 0 Å². The Bertz CT molecular complexity index is 284. The molecule has 2 unspecified atom stereocenters. The number of rotatable bonds is 2. The van der Waals surface area contributed by atoms with Crippen molar-refractivity contribution in [2.24, 2.45) is 16.7 Å². The minimum Gasteiger partial charge on any atom is -0.481 e. The second kappa shape index (κ2) is 4.82. The third-order valence-electron chi connectivity index (χ3n) is 4.00. The molecule has 94 valence electrons. The van der Waals surface area contributed by atoms with E-state index in [9.17, 15) is 9.59 Å². The molecule has 0 bridgehead atoms. The quantitative estimate of drug-likeness (QED) is 0.665. The van der Waals surface area contributed by atoms with Crippen LogP contribution in [0.3, 0.4) is 0 Å². The minimum atomic E-state index is -0.921. The van der Waals surface area contributed by atoms with Crippen molar-refractivity contribution in [1.29, 1.82) is 0 Å². The predicted molar refractivity (Wildman–Crippen MR) is 58.0 cm³/mol. The Morgan fingerprint density at radius 3 is 1.75 bits per heavy atom. The van der Waals surface area contributed by atoms with Gasteiger partial charge in [0.2, 0.25) is 0 Å².